The highest BCUT2D eigenvalue weighted by atomic mass is 35.5. The van der Waals surface area contributed by atoms with Crippen LogP contribution in [-0.4, -0.2) is 36.2 Å². The van der Waals surface area contributed by atoms with Crippen molar-refractivity contribution in [3.63, 3.8) is 0 Å². The van der Waals surface area contributed by atoms with Crippen molar-refractivity contribution in [3.8, 4) is 0 Å². The third-order valence-corrected chi connectivity index (χ3v) is 4.19. The van der Waals surface area contributed by atoms with Gasteiger partial charge in [-0.1, -0.05) is 12.8 Å². The molecule has 2 fully saturated rings. The zero-order chi connectivity index (χ0) is 12.3. The SMILES string of the molecule is CC1(C(=O)NC2CCCCC2O)CCCNC1.Cl. The van der Waals surface area contributed by atoms with Crippen LogP contribution < -0.4 is 10.6 Å². The van der Waals surface area contributed by atoms with E-state index in [0.29, 0.717) is 0 Å². The number of rotatable bonds is 2. The van der Waals surface area contributed by atoms with Crippen molar-refractivity contribution in [2.24, 2.45) is 5.41 Å². The van der Waals surface area contributed by atoms with E-state index >= 15 is 0 Å². The van der Waals surface area contributed by atoms with Crippen LogP contribution in [0.15, 0.2) is 0 Å². The molecule has 1 amide bonds. The molecule has 2 rings (SSSR count). The first-order valence-corrected chi connectivity index (χ1v) is 6.82. The number of halogens is 1. The third kappa shape index (κ3) is 3.59. The van der Waals surface area contributed by atoms with Crippen LogP contribution in [-0.2, 0) is 4.79 Å². The second-order valence-corrected chi connectivity index (χ2v) is 5.77. The molecule has 1 saturated heterocycles. The molecule has 3 unspecified atom stereocenters. The summed E-state index contributed by atoms with van der Waals surface area (Å²) in [6, 6.07) is -0.0324. The first kappa shape index (κ1) is 15.7. The van der Waals surface area contributed by atoms with Crippen LogP contribution in [0.1, 0.15) is 45.4 Å². The van der Waals surface area contributed by atoms with Gasteiger partial charge in [-0.3, -0.25) is 4.79 Å². The molecular formula is C13H25ClN2O2. The molecule has 2 aliphatic rings. The summed E-state index contributed by atoms with van der Waals surface area (Å²) in [6.07, 6.45) is 5.55. The van der Waals surface area contributed by atoms with E-state index in [1.165, 1.54) is 0 Å². The number of aliphatic hydroxyl groups is 1. The summed E-state index contributed by atoms with van der Waals surface area (Å²) >= 11 is 0. The van der Waals surface area contributed by atoms with Crippen LogP contribution >= 0.6 is 12.4 Å². The van der Waals surface area contributed by atoms with Gasteiger partial charge >= 0.3 is 0 Å². The Labute approximate surface area is 115 Å². The van der Waals surface area contributed by atoms with E-state index < -0.39 is 0 Å². The number of nitrogens with one attached hydrogen (secondary N) is 2. The molecule has 3 atom stereocenters. The van der Waals surface area contributed by atoms with Crippen molar-refractivity contribution in [2.75, 3.05) is 13.1 Å². The second kappa shape index (κ2) is 6.73. The van der Waals surface area contributed by atoms with Gasteiger partial charge in [-0.25, -0.2) is 0 Å². The predicted octanol–water partition coefficient (Wildman–Crippen LogP) is 1.22. The van der Waals surface area contributed by atoms with Crippen LogP contribution in [0.4, 0.5) is 0 Å². The smallest absolute Gasteiger partial charge is 0.227 e. The zero-order valence-corrected chi connectivity index (χ0v) is 11.9. The van der Waals surface area contributed by atoms with E-state index in [2.05, 4.69) is 10.6 Å². The minimum absolute atomic E-state index is 0. The molecular weight excluding hydrogens is 252 g/mol. The van der Waals surface area contributed by atoms with Crippen LogP contribution in [0, 0.1) is 5.41 Å². The van der Waals surface area contributed by atoms with Gasteiger partial charge in [0.25, 0.3) is 0 Å². The van der Waals surface area contributed by atoms with Crippen molar-refractivity contribution in [2.45, 2.75) is 57.6 Å². The largest absolute Gasteiger partial charge is 0.391 e. The Morgan fingerprint density at radius 3 is 2.67 bits per heavy atom. The Morgan fingerprint density at radius 2 is 2.06 bits per heavy atom. The van der Waals surface area contributed by atoms with Crippen molar-refractivity contribution < 1.29 is 9.90 Å². The van der Waals surface area contributed by atoms with Crippen molar-refractivity contribution in [1.29, 1.82) is 0 Å². The topological polar surface area (TPSA) is 61.4 Å². The fourth-order valence-corrected chi connectivity index (χ4v) is 2.87. The minimum Gasteiger partial charge on any atom is -0.391 e. The summed E-state index contributed by atoms with van der Waals surface area (Å²) in [5, 5.41) is 16.2. The van der Waals surface area contributed by atoms with E-state index in [1.807, 2.05) is 6.92 Å². The average molecular weight is 277 g/mol. The van der Waals surface area contributed by atoms with Gasteiger partial charge in [-0.05, 0) is 39.2 Å². The number of carbonyl (C=O) groups excluding carboxylic acids is 1. The van der Waals surface area contributed by atoms with Crippen molar-refractivity contribution in [3.05, 3.63) is 0 Å². The van der Waals surface area contributed by atoms with Crippen molar-refractivity contribution in [1.82, 2.24) is 10.6 Å². The molecule has 0 aromatic carbocycles. The van der Waals surface area contributed by atoms with Crippen LogP contribution in [0.3, 0.4) is 0 Å². The Hall–Kier alpha value is -0.320. The van der Waals surface area contributed by atoms with E-state index in [0.717, 1.165) is 51.6 Å². The summed E-state index contributed by atoms with van der Waals surface area (Å²) in [5.74, 6) is 0.107. The van der Waals surface area contributed by atoms with E-state index in [-0.39, 0.29) is 35.9 Å². The average Bonchev–Trinajstić information content (AvgIpc) is 2.33. The van der Waals surface area contributed by atoms with Gasteiger partial charge in [-0.15, -0.1) is 12.4 Å². The second-order valence-electron chi connectivity index (χ2n) is 5.77. The summed E-state index contributed by atoms with van der Waals surface area (Å²) in [7, 11) is 0. The van der Waals surface area contributed by atoms with E-state index in [4.69, 9.17) is 0 Å². The van der Waals surface area contributed by atoms with E-state index in [9.17, 15) is 9.90 Å². The van der Waals surface area contributed by atoms with Crippen LogP contribution in [0.25, 0.3) is 0 Å². The Kier molecular flexibility index (Phi) is 5.89. The lowest BCUT2D eigenvalue weighted by molar-refractivity contribution is -0.133. The van der Waals surface area contributed by atoms with Gasteiger partial charge in [-0.2, -0.15) is 0 Å². The first-order chi connectivity index (χ1) is 8.12. The Balaban J connectivity index is 0.00000162. The standard InChI is InChI=1S/C13H24N2O2.ClH/c1-13(7-4-8-14-9-13)12(17)15-10-5-2-3-6-11(10)16;/h10-11,14,16H,2-9H2,1H3,(H,15,17);1H. The summed E-state index contributed by atoms with van der Waals surface area (Å²) in [6.45, 7) is 3.78. The molecule has 0 bridgehead atoms. The highest BCUT2D eigenvalue weighted by molar-refractivity contribution is 5.85. The van der Waals surface area contributed by atoms with Crippen molar-refractivity contribution >= 4 is 18.3 Å². The molecule has 1 heterocycles. The third-order valence-electron chi connectivity index (χ3n) is 4.19. The van der Waals surface area contributed by atoms with Crippen LogP contribution in [0.5, 0.6) is 0 Å². The van der Waals surface area contributed by atoms with Gasteiger partial charge in [0.15, 0.2) is 0 Å². The molecule has 106 valence electrons. The molecule has 1 aliphatic heterocycles. The zero-order valence-electron chi connectivity index (χ0n) is 11.1. The quantitative estimate of drug-likeness (QED) is 0.711. The molecule has 0 radical (unpaired) electrons. The summed E-state index contributed by atoms with van der Waals surface area (Å²) < 4.78 is 0. The monoisotopic (exact) mass is 276 g/mol. The maximum absolute atomic E-state index is 12.3. The van der Waals surface area contributed by atoms with Crippen LogP contribution in [0.2, 0.25) is 0 Å². The van der Waals surface area contributed by atoms with Gasteiger partial charge in [0.1, 0.15) is 0 Å². The number of hydrogen-bond donors (Lipinski definition) is 3. The first-order valence-electron chi connectivity index (χ1n) is 6.82. The predicted molar refractivity (Wildman–Crippen MR) is 73.9 cm³/mol. The Morgan fingerprint density at radius 1 is 1.33 bits per heavy atom. The molecule has 5 heteroatoms. The fraction of sp³-hybridized carbons (Fsp3) is 0.923. The number of aliphatic hydroxyl groups excluding tert-OH is 1. The molecule has 3 N–H and O–H groups in total. The maximum atomic E-state index is 12.3. The molecule has 0 aromatic heterocycles. The molecule has 0 aromatic rings. The lowest BCUT2D eigenvalue weighted by Gasteiger charge is -2.36. The normalized spacial score (nSPS) is 36.6. The molecule has 1 saturated carbocycles. The maximum Gasteiger partial charge on any atom is 0.227 e. The molecule has 0 spiro atoms. The highest BCUT2D eigenvalue weighted by Crippen LogP contribution is 2.27. The molecule has 4 nitrogen and oxygen atoms in total. The van der Waals surface area contributed by atoms with E-state index in [1.54, 1.807) is 0 Å². The van der Waals surface area contributed by atoms with Gasteiger partial charge in [0, 0.05) is 6.54 Å². The lowest BCUT2D eigenvalue weighted by atomic mass is 9.81. The number of piperidine rings is 1. The lowest BCUT2D eigenvalue weighted by Crippen LogP contribution is -2.54. The number of amides is 1. The summed E-state index contributed by atoms with van der Waals surface area (Å²) in [5.41, 5.74) is -0.296. The Bertz CT molecular complexity index is 280. The molecule has 18 heavy (non-hydrogen) atoms. The summed E-state index contributed by atoms with van der Waals surface area (Å²) in [4.78, 5) is 12.3. The van der Waals surface area contributed by atoms with Gasteiger partial charge in [0.05, 0.1) is 17.6 Å². The molecule has 1 aliphatic carbocycles. The fourth-order valence-electron chi connectivity index (χ4n) is 2.87. The highest BCUT2D eigenvalue weighted by Gasteiger charge is 2.36. The number of carbonyl (C=O) groups is 1. The number of hydrogen-bond acceptors (Lipinski definition) is 3. The minimum atomic E-state index is -0.354. The van der Waals surface area contributed by atoms with Gasteiger partial charge in [0.2, 0.25) is 5.91 Å². The van der Waals surface area contributed by atoms with Gasteiger partial charge < -0.3 is 15.7 Å².